The van der Waals surface area contributed by atoms with Crippen molar-refractivity contribution in [2.75, 3.05) is 5.32 Å². The van der Waals surface area contributed by atoms with Gasteiger partial charge in [0, 0.05) is 35.0 Å². The van der Waals surface area contributed by atoms with Crippen molar-refractivity contribution in [2.24, 2.45) is 0 Å². The van der Waals surface area contributed by atoms with Crippen molar-refractivity contribution in [3.63, 3.8) is 0 Å². The van der Waals surface area contributed by atoms with Crippen LogP contribution in [0.1, 0.15) is 5.56 Å². The molecule has 0 aliphatic heterocycles. The predicted octanol–water partition coefficient (Wildman–Crippen LogP) is 1.63. The van der Waals surface area contributed by atoms with E-state index in [0.29, 0.717) is 0 Å². The molecule has 0 radical (unpaired) electrons. The van der Waals surface area contributed by atoms with Crippen molar-refractivity contribution in [3.8, 4) is 0 Å². The normalized spacial score (nSPS) is 10.5. The maximum absolute atomic E-state index is 3.46. The molecule has 3 heteroatoms. The summed E-state index contributed by atoms with van der Waals surface area (Å²) < 4.78 is 2.15. The Hall–Kier alpha value is -2.39. The van der Waals surface area contributed by atoms with Gasteiger partial charge in [0.1, 0.15) is 0 Å². The van der Waals surface area contributed by atoms with Gasteiger partial charge in [-0.15, -0.1) is 0 Å². The van der Waals surface area contributed by atoms with Crippen LogP contribution in [0.25, 0.3) is 16.3 Å². The molecule has 2 aromatic heterocycles. The molecule has 0 amide bonds. The summed E-state index contributed by atoms with van der Waals surface area (Å²) in [5.74, 6) is 0. The molecule has 23 heavy (non-hydrogen) atoms. The molecule has 0 unspecified atom stereocenters. The summed E-state index contributed by atoms with van der Waals surface area (Å²) in [7, 11) is 0. The molecule has 0 spiro atoms. The van der Waals surface area contributed by atoms with Gasteiger partial charge in [-0.1, -0.05) is 17.7 Å². The molecular weight excluding hydrogens is 348 g/mol. The highest BCUT2D eigenvalue weighted by Crippen LogP contribution is 2.22. The maximum Gasteiger partial charge on any atom is 0.211 e. The van der Waals surface area contributed by atoms with Gasteiger partial charge in [0.2, 0.25) is 5.52 Å². The van der Waals surface area contributed by atoms with Crippen LogP contribution in [0.4, 0.5) is 11.4 Å². The number of rotatable bonds is 2. The van der Waals surface area contributed by atoms with Crippen molar-refractivity contribution < 1.29 is 21.4 Å². The van der Waals surface area contributed by atoms with E-state index in [1.165, 1.54) is 21.9 Å². The third-order valence-corrected chi connectivity index (χ3v) is 3.93. The fraction of sp³-hybridized carbons (Fsp3) is 0.0500. The molecule has 0 saturated heterocycles. The number of pyridine rings is 2. The molecule has 4 aromatic rings. The Kier molecular flexibility index (Phi) is 4.30. The third-order valence-electron chi connectivity index (χ3n) is 3.93. The van der Waals surface area contributed by atoms with Crippen LogP contribution in [0.2, 0.25) is 0 Å². The van der Waals surface area contributed by atoms with E-state index in [1.54, 1.807) is 0 Å². The second-order valence-corrected chi connectivity index (χ2v) is 5.64. The number of fused-ring (bicyclic) bond motifs is 2. The van der Waals surface area contributed by atoms with Crippen LogP contribution < -0.4 is 26.7 Å². The largest absolute Gasteiger partial charge is 1.00 e. The predicted molar refractivity (Wildman–Crippen MR) is 91.6 cm³/mol. The van der Waals surface area contributed by atoms with E-state index in [0.717, 1.165) is 11.4 Å². The summed E-state index contributed by atoms with van der Waals surface area (Å²) in [5.41, 5.74) is 4.69. The van der Waals surface area contributed by atoms with E-state index >= 15 is 0 Å². The van der Waals surface area contributed by atoms with E-state index in [-0.39, 0.29) is 17.0 Å². The van der Waals surface area contributed by atoms with E-state index in [9.17, 15) is 0 Å². The summed E-state index contributed by atoms with van der Waals surface area (Å²) in [5, 5.41) is 5.94. The van der Waals surface area contributed by atoms with Gasteiger partial charge in [-0.25, -0.2) is 0 Å². The van der Waals surface area contributed by atoms with E-state index in [4.69, 9.17) is 0 Å². The van der Waals surface area contributed by atoms with Gasteiger partial charge >= 0.3 is 0 Å². The second kappa shape index (κ2) is 6.39. The molecule has 2 aromatic carbocycles. The Morgan fingerprint density at radius 1 is 0.783 bits per heavy atom. The molecule has 0 saturated carbocycles. The fourth-order valence-corrected chi connectivity index (χ4v) is 2.72. The third kappa shape index (κ3) is 3.20. The Balaban J connectivity index is 0.00000156. The van der Waals surface area contributed by atoms with Crippen molar-refractivity contribution in [2.45, 2.75) is 6.92 Å². The van der Waals surface area contributed by atoms with Crippen LogP contribution in [-0.4, -0.2) is 0 Å². The highest BCUT2D eigenvalue weighted by molar-refractivity contribution is 5.87. The van der Waals surface area contributed by atoms with Gasteiger partial charge in [-0.2, -0.15) is 4.40 Å². The average molecular weight is 365 g/mol. The highest BCUT2D eigenvalue weighted by Gasteiger charge is 2.05. The van der Waals surface area contributed by atoms with Gasteiger partial charge in [0.15, 0.2) is 12.4 Å². The lowest BCUT2D eigenvalue weighted by atomic mass is 10.1. The molecular formula is C20H17BrN2. The zero-order valence-corrected chi connectivity index (χ0v) is 14.4. The quantitative estimate of drug-likeness (QED) is 0.422. The highest BCUT2D eigenvalue weighted by atomic mass is 79.9. The lowest BCUT2D eigenvalue weighted by Crippen LogP contribution is -3.00. The zero-order chi connectivity index (χ0) is 14.9. The topological polar surface area (TPSA) is 16.1 Å². The average Bonchev–Trinajstić information content (AvgIpc) is 2.55. The van der Waals surface area contributed by atoms with Crippen molar-refractivity contribution in [3.05, 3.63) is 84.7 Å². The fourth-order valence-electron chi connectivity index (χ4n) is 2.72. The maximum atomic E-state index is 3.46. The molecule has 0 atom stereocenters. The molecule has 114 valence electrons. The lowest BCUT2D eigenvalue weighted by Gasteiger charge is -2.07. The number of nitrogens with one attached hydrogen (secondary N) is 1. The number of benzene rings is 2. The smallest absolute Gasteiger partial charge is 0.211 e. The van der Waals surface area contributed by atoms with Gasteiger partial charge < -0.3 is 22.3 Å². The minimum absolute atomic E-state index is 0. The molecule has 4 rings (SSSR count). The van der Waals surface area contributed by atoms with Crippen LogP contribution >= 0.6 is 0 Å². The van der Waals surface area contributed by atoms with Gasteiger partial charge in [0.25, 0.3) is 0 Å². The van der Waals surface area contributed by atoms with Crippen LogP contribution in [0, 0.1) is 6.92 Å². The van der Waals surface area contributed by atoms with Gasteiger partial charge in [-0.3, -0.25) is 0 Å². The molecule has 2 heterocycles. The monoisotopic (exact) mass is 364 g/mol. The number of halogens is 1. The van der Waals surface area contributed by atoms with Crippen LogP contribution in [0.15, 0.2) is 79.1 Å². The first-order chi connectivity index (χ1) is 10.8. The van der Waals surface area contributed by atoms with Crippen LogP contribution in [0.5, 0.6) is 0 Å². The first-order valence-corrected chi connectivity index (χ1v) is 7.45. The van der Waals surface area contributed by atoms with Crippen molar-refractivity contribution >= 4 is 27.7 Å². The number of anilines is 2. The summed E-state index contributed by atoms with van der Waals surface area (Å²) in [6.45, 7) is 2.10. The zero-order valence-electron chi connectivity index (χ0n) is 12.8. The number of nitrogens with zero attached hydrogens (tertiary/aromatic N) is 1. The summed E-state index contributed by atoms with van der Waals surface area (Å²) in [6, 6.07) is 23.4. The van der Waals surface area contributed by atoms with E-state index in [1.807, 2.05) is 6.07 Å². The van der Waals surface area contributed by atoms with Gasteiger partial charge in [0.05, 0.1) is 0 Å². The number of aromatic nitrogens is 1. The summed E-state index contributed by atoms with van der Waals surface area (Å²) >= 11 is 0. The molecule has 0 aliphatic carbocycles. The molecule has 1 N–H and O–H groups in total. The first kappa shape index (κ1) is 15.5. The Morgan fingerprint density at radius 2 is 1.57 bits per heavy atom. The first-order valence-electron chi connectivity index (χ1n) is 7.45. The molecule has 0 fully saturated rings. The molecule has 0 aliphatic rings. The SMILES string of the molecule is Cc1ccc(Nc2ccc3c[n+]4ccccc4cc3c2)cc1.[Br-]. The van der Waals surface area contributed by atoms with E-state index in [2.05, 4.69) is 89.7 Å². The summed E-state index contributed by atoms with van der Waals surface area (Å²) in [4.78, 5) is 0. The lowest BCUT2D eigenvalue weighted by molar-refractivity contribution is -0.510. The van der Waals surface area contributed by atoms with Gasteiger partial charge in [-0.05, 0) is 48.7 Å². The number of aryl methyl sites for hydroxylation is 1. The summed E-state index contributed by atoms with van der Waals surface area (Å²) in [6.07, 6.45) is 4.24. The number of hydrogen-bond donors (Lipinski definition) is 1. The van der Waals surface area contributed by atoms with E-state index < -0.39 is 0 Å². The van der Waals surface area contributed by atoms with Crippen molar-refractivity contribution in [1.82, 2.24) is 0 Å². The Labute approximate surface area is 146 Å². The molecule has 2 nitrogen and oxygen atoms in total. The minimum Gasteiger partial charge on any atom is -1.00 e. The Morgan fingerprint density at radius 3 is 2.39 bits per heavy atom. The minimum atomic E-state index is 0. The molecule has 0 bridgehead atoms. The number of hydrogen-bond acceptors (Lipinski definition) is 1. The standard InChI is InChI=1S/C20H16N2.BrH/c1-15-5-8-18(9-6-15)21-19-10-7-16-14-22-11-3-2-4-20(22)13-17(16)12-19;/h2-14H,1H3;1H. The second-order valence-electron chi connectivity index (χ2n) is 5.64. The van der Waals surface area contributed by atoms with Crippen molar-refractivity contribution in [1.29, 1.82) is 0 Å². The Bertz CT molecular complexity index is 962. The van der Waals surface area contributed by atoms with Crippen LogP contribution in [-0.2, 0) is 0 Å². The van der Waals surface area contributed by atoms with Crippen LogP contribution in [0.3, 0.4) is 0 Å².